The molecule has 4 heteroatoms. The van der Waals surface area contributed by atoms with Crippen LogP contribution in [0, 0.1) is 0 Å². The van der Waals surface area contributed by atoms with Gasteiger partial charge in [0, 0.05) is 13.7 Å². The summed E-state index contributed by atoms with van der Waals surface area (Å²) in [5, 5.41) is 11.9. The first-order valence-corrected chi connectivity index (χ1v) is 5.63. The highest BCUT2D eigenvalue weighted by molar-refractivity contribution is 5.84. The molecule has 0 aliphatic rings. The molecule has 0 spiro atoms. The van der Waals surface area contributed by atoms with Crippen molar-refractivity contribution in [2.24, 2.45) is 0 Å². The molecular weight excluding hydrogens is 218 g/mol. The van der Waals surface area contributed by atoms with Crippen LogP contribution < -0.4 is 5.32 Å². The van der Waals surface area contributed by atoms with Crippen molar-refractivity contribution in [1.29, 1.82) is 0 Å². The van der Waals surface area contributed by atoms with Crippen molar-refractivity contribution in [3.8, 4) is 5.75 Å². The standard InChI is InChI=1S/C13H19NO3/c1-4-13(2,17-3)12(16)14-9-10-5-7-11(15)8-6-10/h5-8,15H,4,9H2,1-3H3,(H,14,16). The number of aromatic hydroxyl groups is 1. The predicted molar refractivity (Wildman–Crippen MR) is 65.7 cm³/mol. The summed E-state index contributed by atoms with van der Waals surface area (Å²) in [5.74, 6) is 0.0888. The molecule has 0 radical (unpaired) electrons. The zero-order valence-corrected chi connectivity index (χ0v) is 10.5. The molecule has 1 aromatic carbocycles. The molecule has 0 fully saturated rings. The lowest BCUT2D eigenvalue weighted by Gasteiger charge is -2.25. The van der Waals surface area contributed by atoms with Crippen LogP contribution in [0.4, 0.5) is 0 Å². The summed E-state index contributed by atoms with van der Waals surface area (Å²) in [6.07, 6.45) is 0.616. The Hall–Kier alpha value is -1.55. The summed E-state index contributed by atoms with van der Waals surface area (Å²) in [6, 6.07) is 6.73. The van der Waals surface area contributed by atoms with E-state index in [1.165, 1.54) is 7.11 Å². The Balaban J connectivity index is 2.56. The van der Waals surface area contributed by atoms with Crippen LogP contribution in [-0.4, -0.2) is 23.7 Å². The average Bonchev–Trinajstić information content (AvgIpc) is 2.36. The van der Waals surface area contributed by atoms with Crippen LogP contribution in [0.2, 0.25) is 0 Å². The van der Waals surface area contributed by atoms with Gasteiger partial charge in [0.25, 0.3) is 5.91 Å². The third-order valence-electron chi connectivity index (χ3n) is 2.99. The molecule has 0 aliphatic heterocycles. The van der Waals surface area contributed by atoms with Crippen LogP contribution >= 0.6 is 0 Å². The smallest absolute Gasteiger partial charge is 0.252 e. The molecule has 94 valence electrons. The van der Waals surface area contributed by atoms with Crippen molar-refractivity contribution in [2.75, 3.05) is 7.11 Å². The molecule has 1 rings (SSSR count). The number of amides is 1. The largest absolute Gasteiger partial charge is 0.508 e. The molecule has 0 heterocycles. The van der Waals surface area contributed by atoms with E-state index in [0.29, 0.717) is 13.0 Å². The maximum absolute atomic E-state index is 11.9. The van der Waals surface area contributed by atoms with Gasteiger partial charge in [0.2, 0.25) is 0 Å². The number of rotatable bonds is 5. The van der Waals surface area contributed by atoms with Crippen molar-refractivity contribution < 1.29 is 14.6 Å². The quantitative estimate of drug-likeness (QED) is 0.821. The molecule has 1 unspecified atom stereocenters. The molecule has 0 bridgehead atoms. The van der Waals surface area contributed by atoms with E-state index in [4.69, 9.17) is 9.84 Å². The lowest BCUT2D eigenvalue weighted by molar-refractivity contribution is -0.142. The Morgan fingerprint density at radius 1 is 1.41 bits per heavy atom. The second-order valence-corrected chi connectivity index (χ2v) is 4.14. The fourth-order valence-electron chi connectivity index (χ4n) is 1.38. The maximum atomic E-state index is 11.9. The lowest BCUT2D eigenvalue weighted by Crippen LogP contribution is -2.45. The van der Waals surface area contributed by atoms with Gasteiger partial charge < -0.3 is 15.2 Å². The molecule has 0 saturated carbocycles. The topological polar surface area (TPSA) is 58.6 Å². The first-order chi connectivity index (χ1) is 8.01. The molecule has 0 saturated heterocycles. The van der Waals surface area contributed by atoms with Gasteiger partial charge in [-0.2, -0.15) is 0 Å². The van der Waals surface area contributed by atoms with Gasteiger partial charge in [0.1, 0.15) is 11.4 Å². The highest BCUT2D eigenvalue weighted by Gasteiger charge is 2.30. The van der Waals surface area contributed by atoms with Crippen LogP contribution in [0.3, 0.4) is 0 Å². The van der Waals surface area contributed by atoms with Crippen molar-refractivity contribution in [2.45, 2.75) is 32.4 Å². The number of hydrogen-bond acceptors (Lipinski definition) is 3. The van der Waals surface area contributed by atoms with Crippen molar-refractivity contribution in [3.05, 3.63) is 29.8 Å². The Kier molecular flexibility index (Phi) is 4.52. The third-order valence-corrected chi connectivity index (χ3v) is 2.99. The Morgan fingerprint density at radius 3 is 2.47 bits per heavy atom. The first kappa shape index (κ1) is 13.5. The minimum Gasteiger partial charge on any atom is -0.508 e. The molecular formula is C13H19NO3. The number of ether oxygens (including phenoxy) is 1. The summed E-state index contributed by atoms with van der Waals surface area (Å²) >= 11 is 0. The van der Waals surface area contributed by atoms with Crippen molar-refractivity contribution >= 4 is 5.91 Å². The molecule has 2 N–H and O–H groups in total. The number of carbonyl (C=O) groups excluding carboxylic acids is 1. The van der Waals surface area contributed by atoms with E-state index in [1.807, 2.05) is 6.92 Å². The Morgan fingerprint density at radius 2 is 2.00 bits per heavy atom. The normalized spacial score (nSPS) is 14.1. The van der Waals surface area contributed by atoms with E-state index >= 15 is 0 Å². The summed E-state index contributed by atoms with van der Waals surface area (Å²) < 4.78 is 5.20. The molecule has 1 aromatic rings. The third kappa shape index (κ3) is 3.46. The van der Waals surface area contributed by atoms with Gasteiger partial charge in [-0.15, -0.1) is 0 Å². The highest BCUT2D eigenvalue weighted by atomic mass is 16.5. The average molecular weight is 237 g/mol. The first-order valence-electron chi connectivity index (χ1n) is 5.63. The van der Waals surface area contributed by atoms with Gasteiger partial charge in [0.15, 0.2) is 0 Å². The van der Waals surface area contributed by atoms with Crippen LogP contribution in [0.15, 0.2) is 24.3 Å². The second-order valence-electron chi connectivity index (χ2n) is 4.14. The van der Waals surface area contributed by atoms with Gasteiger partial charge in [-0.3, -0.25) is 4.79 Å². The number of benzene rings is 1. The number of carbonyl (C=O) groups is 1. The molecule has 1 atom stereocenters. The molecule has 0 aromatic heterocycles. The second kappa shape index (κ2) is 5.68. The van der Waals surface area contributed by atoms with Gasteiger partial charge in [-0.05, 0) is 31.0 Å². The summed E-state index contributed by atoms with van der Waals surface area (Å²) in [7, 11) is 1.53. The Labute approximate surface area is 102 Å². The number of phenolic OH excluding ortho intramolecular Hbond substituents is 1. The predicted octanol–water partition coefficient (Wildman–Crippen LogP) is 1.82. The van der Waals surface area contributed by atoms with E-state index in [-0.39, 0.29) is 11.7 Å². The summed E-state index contributed by atoms with van der Waals surface area (Å²) in [4.78, 5) is 11.9. The summed E-state index contributed by atoms with van der Waals surface area (Å²) in [6.45, 7) is 4.10. The van der Waals surface area contributed by atoms with Crippen molar-refractivity contribution in [1.82, 2.24) is 5.32 Å². The monoisotopic (exact) mass is 237 g/mol. The zero-order valence-electron chi connectivity index (χ0n) is 10.5. The van der Waals surface area contributed by atoms with E-state index in [9.17, 15) is 4.79 Å². The fraction of sp³-hybridized carbons (Fsp3) is 0.462. The van der Waals surface area contributed by atoms with Gasteiger partial charge in [0.05, 0.1) is 0 Å². The fourth-order valence-corrected chi connectivity index (χ4v) is 1.38. The number of phenols is 1. The van der Waals surface area contributed by atoms with E-state index in [0.717, 1.165) is 5.56 Å². The van der Waals surface area contributed by atoms with Gasteiger partial charge in [-0.1, -0.05) is 19.1 Å². The van der Waals surface area contributed by atoms with Gasteiger partial charge in [-0.25, -0.2) is 0 Å². The van der Waals surface area contributed by atoms with Crippen LogP contribution in [0.1, 0.15) is 25.8 Å². The molecule has 4 nitrogen and oxygen atoms in total. The SMILES string of the molecule is CCC(C)(OC)C(=O)NCc1ccc(O)cc1. The lowest BCUT2D eigenvalue weighted by atomic mass is 10.0. The maximum Gasteiger partial charge on any atom is 0.252 e. The van der Waals surface area contributed by atoms with Crippen LogP contribution in [-0.2, 0) is 16.1 Å². The van der Waals surface area contributed by atoms with Crippen LogP contribution in [0.25, 0.3) is 0 Å². The molecule has 17 heavy (non-hydrogen) atoms. The number of nitrogens with one attached hydrogen (secondary N) is 1. The Bertz CT molecular complexity index is 369. The van der Waals surface area contributed by atoms with Crippen molar-refractivity contribution in [3.63, 3.8) is 0 Å². The van der Waals surface area contributed by atoms with E-state index < -0.39 is 5.60 Å². The number of methoxy groups -OCH3 is 1. The highest BCUT2D eigenvalue weighted by Crippen LogP contribution is 2.14. The van der Waals surface area contributed by atoms with E-state index in [2.05, 4.69) is 5.32 Å². The summed E-state index contributed by atoms with van der Waals surface area (Å²) in [5.41, 5.74) is 0.155. The van der Waals surface area contributed by atoms with Gasteiger partial charge >= 0.3 is 0 Å². The molecule has 1 amide bonds. The number of hydrogen-bond donors (Lipinski definition) is 2. The van der Waals surface area contributed by atoms with E-state index in [1.54, 1.807) is 31.2 Å². The molecule has 0 aliphatic carbocycles. The minimum atomic E-state index is -0.781. The van der Waals surface area contributed by atoms with Crippen LogP contribution in [0.5, 0.6) is 5.75 Å². The zero-order chi connectivity index (χ0) is 12.9. The minimum absolute atomic E-state index is 0.129.